The minimum atomic E-state index is -0.522. The fraction of sp³-hybridized carbons (Fsp3) is 0.462. The quantitative estimate of drug-likeness (QED) is 0.809. The van der Waals surface area contributed by atoms with Gasteiger partial charge in [0, 0.05) is 16.9 Å². The minimum absolute atomic E-state index is 0.0415. The Bertz CT molecular complexity index is 425. The van der Waals surface area contributed by atoms with Crippen LogP contribution in [0.25, 0.3) is 0 Å². The fourth-order valence-corrected chi connectivity index (χ4v) is 2.63. The summed E-state index contributed by atoms with van der Waals surface area (Å²) >= 11 is 9.13. The maximum absolute atomic E-state index is 12.9. The van der Waals surface area contributed by atoms with Crippen LogP contribution in [0.5, 0.6) is 0 Å². The minimum Gasteiger partial charge on any atom is -0.351 e. The van der Waals surface area contributed by atoms with E-state index in [1.165, 1.54) is 18.2 Å². The van der Waals surface area contributed by atoms with Gasteiger partial charge in [-0.15, -0.1) is 0 Å². The first-order chi connectivity index (χ1) is 8.40. The van der Waals surface area contributed by atoms with Gasteiger partial charge in [-0.25, -0.2) is 4.39 Å². The summed E-state index contributed by atoms with van der Waals surface area (Å²) in [4.78, 5) is 12.0. The van der Waals surface area contributed by atoms with Gasteiger partial charge in [0.05, 0.1) is 5.02 Å². The number of halogens is 3. The van der Waals surface area contributed by atoms with Gasteiger partial charge in [0.1, 0.15) is 5.82 Å². The van der Waals surface area contributed by atoms with E-state index >= 15 is 0 Å². The highest BCUT2D eigenvalue weighted by Crippen LogP contribution is 2.16. The van der Waals surface area contributed by atoms with Crippen molar-refractivity contribution in [2.24, 2.45) is 5.92 Å². The van der Waals surface area contributed by atoms with Crippen LogP contribution in [0.4, 0.5) is 4.39 Å². The summed E-state index contributed by atoms with van der Waals surface area (Å²) in [5.74, 6) is -0.206. The van der Waals surface area contributed by atoms with Gasteiger partial charge < -0.3 is 5.32 Å². The molecule has 1 aromatic carbocycles. The lowest BCUT2D eigenvalue weighted by molar-refractivity contribution is 0.0953. The van der Waals surface area contributed by atoms with Crippen LogP contribution in [-0.4, -0.2) is 17.3 Å². The second-order valence-corrected chi connectivity index (χ2v) is 6.27. The summed E-state index contributed by atoms with van der Waals surface area (Å²) in [6, 6.07) is 3.94. The zero-order valence-electron chi connectivity index (χ0n) is 10.3. The van der Waals surface area contributed by atoms with Crippen molar-refractivity contribution in [2.75, 3.05) is 6.54 Å². The molecular weight excluding hydrogens is 321 g/mol. The van der Waals surface area contributed by atoms with E-state index in [4.69, 9.17) is 11.6 Å². The first-order valence-corrected chi connectivity index (χ1v) is 7.06. The summed E-state index contributed by atoms with van der Waals surface area (Å²) in [5.41, 5.74) is 0.366. The molecule has 0 aromatic heterocycles. The van der Waals surface area contributed by atoms with E-state index in [0.29, 0.717) is 18.0 Å². The predicted molar refractivity (Wildman–Crippen MR) is 75.9 cm³/mol. The van der Waals surface area contributed by atoms with Crippen molar-refractivity contribution in [2.45, 2.75) is 25.1 Å². The lowest BCUT2D eigenvalue weighted by Gasteiger charge is -2.13. The zero-order valence-corrected chi connectivity index (χ0v) is 12.7. The third kappa shape index (κ3) is 4.94. The van der Waals surface area contributed by atoms with Crippen molar-refractivity contribution in [3.63, 3.8) is 0 Å². The summed E-state index contributed by atoms with van der Waals surface area (Å²) in [5, 5.41) is 2.74. The average molecular weight is 337 g/mol. The molecule has 0 spiro atoms. The molecule has 0 radical (unpaired) electrons. The van der Waals surface area contributed by atoms with Gasteiger partial charge in [0.2, 0.25) is 0 Å². The summed E-state index contributed by atoms with van der Waals surface area (Å²) in [7, 11) is 0. The lowest BCUT2D eigenvalue weighted by atomic mass is 10.1. The topological polar surface area (TPSA) is 29.1 Å². The number of hydrogen-bond acceptors (Lipinski definition) is 1. The fourth-order valence-electron chi connectivity index (χ4n) is 1.54. The zero-order chi connectivity index (χ0) is 13.7. The van der Waals surface area contributed by atoms with Gasteiger partial charge in [0.25, 0.3) is 5.91 Å². The number of carbonyl (C=O) groups is 1. The van der Waals surface area contributed by atoms with Gasteiger partial charge in [0.15, 0.2) is 0 Å². The standard InChI is InChI=1S/C13H16BrClFNO/c1-8(2)5-10(14)7-17-13(18)9-3-4-12(16)11(15)6-9/h3-4,6,8,10H,5,7H2,1-2H3,(H,17,18). The monoisotopic (exact) mass is 335 g/mol. The number of nitrogens with one attached hydrogen (secondary N) is 1. The Hall–Kier alpha value is -0.610. The molecule has 0 saturated heterocycles. The summed E-state index contributed by atoms with van der Waals surface area (Å²) < 4.78 is 12.9. The molecule has 0 bridgehead atoms. The van der Waals surface area contributed by atoms with Gasteiger partial charge in [-0.05, 0) is 30.5 Å². The van der Waals surface area contributed by atoms with E-state index in [1.54, 1.807) is 0 Å². The number of carbonyl (C=O) groups excluding carboxylic acids is 1. The van der Waals surface area contributed by atoms with Crippen molar-refractivity contribution >= 4 is 33.4 Å². The Labute approximate surface area is 120 Å². The highest BCUT2D eigenvalue weighted by atomic mass is 79.9. The number of alkyl halides is 1. The molecule has 0 fully saturated rings. The van der Waals surface area contributed by atoms with Crippen LogP contribution in [-0.2, 0) is 0 Å². The van der Waals surface area contributed by atoms with Crippen molar-refractivity contribution in [3.05, 3.63) is 34.6 Å². The second-order valence-electron chi connectivity index (χ2n) is 4.57. The van der Waals surface area contributed by atoms with Crippen LogP contribution < -0.4 is 5.32 Å². The Balaban J connectivity index is 2.52. The smallest absolute Gasteiger partial charge is 0.251 e. The van der Waals surface area contributed by atoms with Crippen LogP contribution in [0.15, 0.2) is 18.2 Å². The average Bonchev–Trinajstić information content (AvgIpc) is 2.28. The number of benzene rings is 1. The third-order valence-electron chi connectivity index (χ3n) is 2.39. The van der Waals surface area contributed by atoms with Crippen molar-refractivity contribution in [1.82, 2.24) is 5.32 Å². The van der Waals surface area contributed by atoms with Crippen molar-refractivity contribution in [1.29, 1.82) is 0 Å². The molecule has 1 unspecified atom stereocenters. The van der Waals surface area contributed by atoms with Gasteiger partial charge in [-0.3, -0.25) is 4.79 Å². The predicted octanol–water partition coefficient (Wildman–Crippen LogP) is 4.02. The van der Waals surface area contributed by atoms with E-state index in [9.17, 15) is 9.18 Å². The van der Waals surface area contributed by atoms with Crippen molar-refractivity contribution < 1.29 is 9.18 Å². The molecule has 1 aromatic rings. The van der Waals surface area contributed by atoms with E-state index in [-0.39, 0.29) is 15.8 Å². The first-order valence-electron chi connectivity index (χ1n) is 5.77. The molecule has 1 amide bonds. The second kappa shape index (κ2) is 7.10. The van der Waals surface area contributed by atoms with Crippen LogP contribution in [0.2, 0.25) is 5.02 Å². The molecule has 2 nitrogen and oxygen atoms in total. The van der Waals surface area contributed by atoms with Crippen molar-refractivity contribution in [3.8, 4) is 0 Å². The molecule has 1 atom stereocenters. The number of amides is 1. The van der Waals surface area contributed by atoms with Crippen LogP contribution in [0.3, 0.4) is 0 Å². The van der Waals surface area contributed by atoms with Gasteiger partial charge in [-0.1, -0.05) is 41.4 Å². The normalized spacial score (nSPS) is 12.6. The third-order valence-corrected chi connectivity index (χ3v) is 3.38. The maximum atomic E-state index is 12.9. The van der Waals surface area contributed by atoms with Crippen LogP contribution in [0, 0.1) is 11.7 Å². The number of rotatable bonds is 5. The largest absolute Gasteiger partial charge is 0.351 e. The molecule has 0 aliphatic carbocycles. The molecule has 1 rings (SSSR count). The molecule has 5 heteroatoms. The Morgan fingerprint density at radius 3 is 2.72 bits per heavy atom. The van der Waals surface area contributed by atoms with E-state index in [2.05, 4.69) is 35.1 Å². The molecule has 0 heterocycles. The molecule has 0 aliphatic heterocycles. The highest BCUT2D eigenvalue weighted by Gasteiger charge is 2.11. The molecule has 18 heavy (non-hydrogen) atoms. The summed E-state index contributed by atoms with van der Waals surface area (Å²) in [6.45, 7) is 4.78. The molecule has 100 valence electrons. The van der Waals surface area contributed by atoms with Gasteiger partial charge in [-0.2, -0.15) is 0 Å². The molecule has 0 saturated carbocycles. The first kappa shape index (κ1) is 15.4. The van der Waals surface area contributed by atoms with E-state index < -0.39 is 5.82 Å². The Morgan fingerprint density at radius 1 is 1.50 bits per heavy atom. The maximum Gasteiger partial charge on any atom is 0.251 e. The molecular formula is C13H16BrClFNO. The summed E-state index contributed by atoms with van der Waals surface area (Å²) in [6.07, 6.45) is 0.977. The van der Waals surface area contributed by atoms with Gasteiger partial charge >= 0.3 is 0 Å². The highest BCUT2D eigenvalue weighted by molar-refractivity contribution is 9.09. The van der Waals surface area contributed by atoms with Crippen LogP contribution in [0.1, 0.15) is 30.6 Å². The lowest BCUT2D eigenvalue weighted by Crippen LogP contribution is -2.30. The van der Waals surface area contributed by atoms with E-state index in [1.807, 2.05) is 0 Å². The SMILES string of the molecule is CC(C)CC(Br)CNC(=O)c1ccc(F)c(Cl)c1. The molecule has 1 N–H and O–H groups in total. The number of hydrogen-bond donors (Lipinski definition) is 1. The Kier molecular flexibility index (Phi) is 6.09. The van der Waals surface area contributed by atoms with Crippen LogP contribution >= 0.6 is 27.5 Å². The Morgan fingerprint density at radius 2 is 2.17 bits per heavy atom. The van der Waals surface area contributed by atoms with E-state index in [0.717, 1.165) is 6.42 Å². The molecule has 0 aliphatic rings.